The molecule has 0 saturated heterocycles. The lowest BCUT2D eigenvalue weighted by Gasteiger charge is -2.16. The maximum atomic E-state index is 12.0. The van der Waals surface area contributed by atoms with Crippen LogP contribution in [0.5, 0.6) is 5.75 Å². The number of alkyl halides is 2. The standard InChI is InChI=1S/C12H12F2O/c1-8-2-3-9-4-5-11(15-12(13)14)7-10(9)6-8/h2-5,7-8,12H,6H2,1H3. The van der Waals surface area contributed by atoms with Gasteiger partial charge >= 0.3 is 6.61 Å². The fourth-order valence-electron chi connectivity index (χ4n) is 1.78. The van der Waals surface area contributed by atoms with Crippen LogP contribution in [0.25, 0.3) is 6.08 Å². The first-order chi connectivity index (χ1) is 7.15. The third-order valence-corrected chi connectivity index (χ3v) is 2.49. The van der Waals surface area contributed by atoms with Gasteiger partial charge < -0.3 is 4.74 Å². The zero-order chi connectivity index (χ0) is 10.8. The zero-order valence-electron chi connectivity index (χ0n) is 8.41. The Morgan fingerprint density at radius 1 is 1.40 bits per heavy atom. The van der Waals surface area contributed by atoms with Crippen LogP contribution in [0, 0.1) is 5.92 Å². The van der Waals surface area contributed by atoms with Gasteiger partial charge in [0, 0.05) is 0 Å². The van der Waals surface area contributed by atoms with E-state index in [1.165, 1.54) is 0 Å². The first kappa shape index (κ1) is 10.1. The highest BCUT2D eigenvalue weighted by Crippen LogP contribution is 2.27. The predicted octanol–water partition coefficient (Wildman–Crippen LogP) is 3.49. The van der Waals surface area contributed by atoms with Crippen molar-refractivity contribution in [1.29, 1.82) is 0 Å². The molecular formula is C12H12F2O. The lowest BCUT2D eigenvalue weighted by atomic mass is 9.91. The van der Waals surface area contributed by atoms with Gasteiger partial charge in [0.1, 0.15) is 5.75 Å². The Labute approximate surface area is 87.4 Å². The van der Waals surface area contributed by atoms with Crippen LogP contribution in [0.4, 0.5) is 8.78 Å². The van der Waals surface area contributed by atoms with Crippen molar-refractivity contribution in [3.8, 4) is 5.75 Å². The van der Waals surface area contributed by atoms with Gasteiger partial charge in [-0.2, -0.15) is 8.78 Å². The average molecular weight is 210 g/mol. The second-order valence-electron chi connectivity index (χ2n) is 3.78. The van der Waals surface area contributed by atoms with E-state index >= 15 is 0 Å². The summed E-state index contributed by atoms with van der Waals surface area (Å²) in [5.41, 5.74) is 2.16. The van der Waals surface area contributed by atoms with Gasteiger partial charge in [0.15, 0.2) is 0 Å². The fourth-order valence-corrected chi connectivity index (χ4v) is 1.78. The number of hydrogen-bond acceptors (Lipinski definition) is 1. The van der Waals surface area contributed by atoms with Crippen LogP contribution in [0.2, 0.25) is 0 Å². The summed E-state index contributed by atoms with van der Waals surface area (Å²) in [6.07, 6.45) is 5.03. The van der Waals surface area contributed by atoms with E-state index in [0.29, 0.717) is 5.92 Å². The van der Waals surface area contributed by atoms with Crippen molar-refractivity contribution in [2.75, 3.05) is 0 Å². The van der Waals surface area contributed by atoms with Crippen LogP contribution in [-0.4, -0.2) is 6.61 Å². The number of allylic oxidation sites excluding steroid dienone is 1. The second-order valence-corrected chi connectivity index (χ2v) is 3.78. The lowest BCUT2D eigenvalue weighted by Crippen LogP contribution is -2.06. The molecule has 1 aliphatic carbocycles. The minimum atomic E-state index is -2.75. The number of benzene rings is 1. The highest BCUT2D eigenvalue weighted by atomic mass is 19.3. The van der Waals surface area contributed by atoms with Crippen molar-refractivity contribution < 1.29 is 13.5 Å². The molecule has 2 rings (SSSR count). The van der Waals surface area contributed by atoms with Gasteiger partial charge in [-0.15, -0.1) is 0 Å². The zero-order valence-corrected chi connectivity index (χ0v) is 8.41. The Balaban J connectivity index is 2.26. The Morgan fingerprint density at radius 2 is 2.20 bits per heavy atom. The predicted molar refractivity (Wildman–Crippen MR) is 55.0 cm³/mol. The van der Waals surface area contributed by atoms with Gasteiger partial charge in [-0.3, -0.25) is 0 Å². The number of halogens is 2. The first-order valence-corrected chi connectivity index (χ1v) is 4.91. The average Bonchev–Trinajstić information content (AvgIpc) is 2.16. The number of hydrogen-bond donors (Lipinski definition) is 0. The quantitative estimate of drug-likeness (QED) is 0.726. The summed E-state index contributed by atoms with van der Waals surface area (Å²) in [6.45, 7) is -0.653. The Kier molecular flexibility index (Phi) is 2.71. The molecule has 0 aromatic heterocycles. The molecule has 0 saturated carbocycles. The monoisotopic (exact) mass is 210 g/mol. The smallest absolute Gasteiger partial charge is 0.387 e. The van der Waals surface area contributed by atoms with E-state index in [0.717, 1.165) is 17.5 Å². The fraction of sp³-hybridized carbons (Fsp3) is 0.333. The highest BCUT2D eigenvalue weighted by Gasteiger charge is 2.12. The van der Waals surface area contributed by atoms with Crippen LogP contribution in [-0.2, 0) is 6.42 Å². The summed E-state index contributed by atoms with van der Waals surface area (Å²) in [5, 5.41) is 0. The Morgan fingerprint density at radius 3 is 2.93 bits per heavy atom. The molecule has 1 nitrogen and oxygen atoms in total. The molecule has 0 bridgehead atoms. The molecule has 1 unspecified atom stereocenters. The molecule has 1 atom stereocenters. The molecule has 0 radical (unpaired) electrons. The van der Waals surface area contributed by atoms with Crippen molar-refractivity contribution in [3.05, 3.63) is 35.4 Å². The van der Waals surface area contributed by atoms with Crippen LogP contribution >= 0.6 is 0 Å². The van der Waals surface area contributed by atoms with Gasteiger partial charge in [-0.25, -0.2) is 0 Å². The Hall–Kier alpha value is -1.38. The van der Waals surface area contributed by atoms with Crippen molar-refractivity contribution in [2.45, 2.75) is 20.0 Å². The lowest BCUT2D eigenvalue weighted by molar-refractivity contribution is -0.0498. The number of fused-ring (bicyclic) bond motifs is 1. The molecule has 1 aliphatic rings. The molecule has 0 amide bonds. The number of rotatable bonds is 2. The van der Waals surface area contributed by atoms with E-state index in [1.54, 1.807) is 12.1 Å². The van der Waals surface area contributed by atoms with E-state index in [-0.39, 0.29) is 5.75 Å². The molecule has 80 valence electrons. The summed E-state index contributed by atoms with van der Waals surface area (Å²) in [4.78, 5) is 0. The normalized spacial score (nSPS) is 19.1. The Bertz CT molecular complexity index is 385. The summed E-state index contributed by atoms with van der Waals surface area (Å²) in [7, 11) is 0. The third kappa shape index (κ3) is 2.35. The van der Waals surface area contributed by atoms with Crippen LogP contribution < -0.4 is 4.74 Å². The molecule has 1 aromatic rings. The van der Waals surface area contributed by atoms with Gasteiger partial charge in [-0.1, -0.05) is 25.1 Å². The minimum Gasteiger partial charge on any atom is -0.435 e. The van der Waals surface area contributed by atoms with Crippen LogP contribution in [0.15, 0.2) is 24.3 Å². The second kappa shape index (κ2) is 4.01. The van der Waals surface area contributed by atoms with Crippen molar-refractivity contribution in [3.63, 3.8) is 0 Å². The summed E-state index contributed by atoms with van der Waals surface area (Å²) in [5.74, 6) is 0.700. The maximum absolute atomic E-state index is 12.0. The molecule has 1 aromatic carbocycles. The molecule has 3 heteroatoms. The SMILES string of the molecule is CC1C=Cc2ccc(OC(F)F)cc2C1. The molecule has 0 fully saturated rings. The van der Waals surface area contributed by atoms with Crippen LogP contribution in [0.3, 0.4) is 0 Å². The van der Waals surface area contributed by atoms with Crippen LogP contribution in [0.1, 0.15) is 18.1 Å². The van der Waals surface area contributed by atoms with E-state index in [1.807, 2.05) is 12.1 Å². The van der Waals surface area contributed by atoms with Gasteiger partial charge in [-0.05, 0) is 35.6 Å². The van der Waals surface area contributed by atoms with E-state index < -0.39 is 6.61 Å². The first-order valence-electron chi connectivity index (χ1n) is 4.91. The van der Waals surface area contributed by atoms with Crippen molar-refractivity contribution in [1.82, 2.24) is 0 Å². The minimum absolute atomic E-state index is 0.242. The topological polar surface area (TPSA) is 9.23 Å². The molecule has 0 spiro atoms. The highest BCUT2D eigenvalue weighted by molar-refractivity contribution is 5.58. The van der Waals surface area contributed by atoms with Crippen molar-refractivity contribution >= 4 is 6.08 Å². The largest absolute Gasteiger partial charge is 0.435 e. The summed E-state index contributed by atoms with van der Waals surface area (Å²) >= 11 is 0. The summed E-state index contributed by atoms with van der Waals surface area (Å²) < 4.78 is 28.3. The summed E-state index contributed by atoms with van der Waals surface area (Å²) in [6, 6.07) is 5.09. The third-order valence-electron chi connectivity index (χ3n) is 2.49. The molecule has 0 N–H and O–H groups in total. The molecule has 15 heavy (non-hydrogen) atoms. The molecule has 0 aliphatic heterocycles. The molecular weight excluding hydrogens is 198 g/mol. The van der Waals surface area contributed by atoms with Gasteiger partial charge in [0.2, 0.25) is 0 Å². The van der Waals surface area contributed by atoms with E-state index in [9.17, 15) is 8.78 Å². The molecule has 0 heterocycles. The van der Waals surface area contributed by atoms with E-state index in [4.69, 9.17) is 0 Å². The van der Waals surface area contributed by atoms with Gasteiger partial charge in [0.25, 0.3) is 0 Å². The van der Waals surface area contributed by atoms with Gasteiger partial charge in [0.05, 0.1) is 0 Å². The van der Waals surface area contributed by atoms with Crippen molar-refractivity contribution in [2.24, 2.45) is 5.92 Å². The maximum Gasteiger partial charge on any atom is 0.387 e. The van der Waals surface area contributed by atoms with E-state index in [2.05, 4.69) is 17.7 Å². The number of ether oxygens (including phenoxy) is 1.